The van der Waals surface area contributed by atoms with E-state index in [0.29, 0.717) is 19.3 Å². The number of hydrogen-bond acceptors (Lipinski definition) is 10. The van der Waals surface area contributed by atoms with Gasteiger partial charge < -0.3 is 45.1 Å². The van der Waals surface area contributed by atoms with Gasteiger partial charge in [-0.1, -0.05) is 263 Å². The molecular weight excluding hydrogens is 907 g/mol. The van der Waals surface area contributed by atoms with E-state index in [0.717, 1.165) is 51.4 Å². The first-order chi connectivity index (χ1) is 35.2. The van der Waals surface area contributed by atoms with Gasteiger partial charge in [-0.25, -0.2) is 0 Å². The number of unbranched alkanes of at least 4 members (excludes halogenated alkanes) is 33. The standard InChI is InChI=1S/C61H113NO10/c1-4-7-10-13-16-19-22-25-26-27-28-29-31-33-36-39-42-45-48-54(65)60(69)62-52(53(64)47-44-41-38-35-32-24-21-18-15-12-9-6-3)51-70-61-59(58(68)57(67)55(50-63)71-61)72-56(66)49-46-43-40-37-34-30-23-20-17-14-11-8-5-2/h30,34,40,43-44,47,52-55,57-59,61,63-65,67-68H,4-29,31-33,35-39,41-42,45-46,48-51H2,1-3H3,(H,62,69)/b34-30-,43-40+,47-44+. The number of nitrogens with one attached hydrogen (secondary N) is 1. The van der Waals surface area contributed by atoms with Crippen molar-refractivity contribution in [3.05, 3.63) is 36.5 Å². The van der Waals surface area contributed by atoms with Crippen LogP contribution in [0.4, 0.5) is 0 Å². The van der Waals surface area contributed by atoms with Gasteiger partial charge in [0.25, 0.3) is 0 Å². The Hall–Kier alpha value is -2.12. The van der Waals surface area contributed by atoms with E-state index < -0.39 is 67.4 Å². The van der Waals surface area contributed by atoms with Crippen molar-refractivity contribution in [1.82, 2.24) is 5.32 Å². The Morgan fingerprint density at radius 3 is 1.42 bits per heavy atom. The third kappa shape index (κ3) is 37.6. The summed E-state index contributed by atoms with van der Waals surface area (Å²) < 4.78 is 17.5. The van der Waals surface area contributed by atoms with Gasteiger partial charge in [0.15, 0.2) is 12.4 Å². The first kappa shape index (κ1) is 67.9. The molecule has 8 unspecified atom stereocenters. The van der Waals surface area contributed by atoms with Gasteiger partial charge in [-0.15, -0.1) is 0 Å². The normalized spacial score (nSPS) is 19.7. The molecule has 0 spiro atoms. The fraction of sp³-hybridized carbons (Fsp3) is 0.869. The number of carbonyl (C=O) groups is 2. The minimum absolute atomic E-state index is 0.0199. The number of allylic oxidation sites excluding steroid dienone is 5. The number of amides is 1. The highest BCUT2D eigenvalue weighted by Crippen LogP contribution is 2.26. The molecule has 0 aromatic heterocycles. The highest BCUT2D eigenvalue weighted by molar-refractivity contribution is 5.80. The summed E-state index contributed by atoms with van der Waals surface area (Å²) in [4.78, 5) is 26.4. The number of hydrogen-bond donors (Lipinski definition) is 6. The molecule has 11 heteroatoms. The molecule has 0 aromatic carbocycles. The van der Waals surface area contributed by atoms with Crippen molar-refractivity contribution < 1.29 is 49.3 Å². The zero-order valence-electron chi connectivity index (χ0n) is 46.6. The summed E-state index contributed by atoms with van der Waals surface area (Å²) >= 11 is 0. The van der Waals surface area contributed by atoms with Crippen molar-refractivity contribution in [2.24, 2.45) is 0 Å². The van der Waals surface area contributed by atoms with Crippen LogP contribution in [-0.2, 0) is 23.8 Å². The maximum atomic E-state index is 13.4. The van der Waals surface area contributed by atoms with Gasteiger partial charge >= 0.3 is 5.97 Å². The van der Waals surface area contributed by atoms with E-state index in [1.807, 2.05) is 18.2 Å². The molecule has 1 heterocycles. The third-order valence-electron chi connectivity index (χ3n) is 14.3. The fourth-order valence-electron chi connectivity index (χ4n) is 9.47. The van der Waals surface area contributed by atoms with E-state index in [1.54, 1.807) is 6.08 Å². The molecule has 0 aromatic rings. The minimum atomic E-state index is -1.63. The molecule has 1 aliphatic heterocycles. The fourth-order valence-corrected chi connectivity index (χ4v) is 9.47. The second-order valence-corrected chi connectivity index (χ2v) is 21.1. The monoisotopic (exact) mass is 1020 g/mol. The quantitative estimate of drug-likeness (QED) is 0.0195. The van der Waals surface area contributed by atoms with Crippen LogP contribution in [0.5, 0.6) is 0 Å². The van der Waals surface area contributed by atoms with Crippen molar-refractivity contribution in [2.75, 3.05) is 13.2 Å². The van der Waals surface area contributed by atoms with Crippen molar-refractivity contribution >= 4 is 11.9 Å². The van der Waals surface area contributed by atoms with Crippen LogP contribution in [0.2, 0.25) is 0 Å². The van der Waals surface area contributed by atoms with E-state index in [9.17, 15) is 35.1 Å². The lowest BCUT2D eigenvalue weighted by molar-refractivity contribution is -0.305. The first-order valence-electron chi connectivity index (χ1n) is 30.3. The van der Waals surface area contributed by atoms with Crippen LogP contribution >= 0.6 is 0 Å². The summed E-state index contributed by atoms with van der Waals surface area (Å²) in [5, 5.41) is 56.8. The lowest BCUT2D eigenvalue weighted by Gasteiger charge is -2.41. The van der Waals surface area contributed by atoms with Crippen LogP contribution in [-0.4, -0.2) is 99.6 Å². The predicted molar refractivity (Wildman–Crippen MR) is 297 cm³/mol. The Morgan fingerprint density at radius 2 is 0.958 bits per heavy atom. The average molecular weight is 1020 g/mol. The van der Waals surface area contributed by atoms with Crippen LogP contribution in [0.15, 0.2) is 36.5 Å². The molecule has 0 saturated carbocycles. The highest BCUT2D eigenvalue weighted by Gasteiger charge is 2.47. The lowest BCUT2D eigenvalue weighted by Crippen LogP contribution is -2.61. The van der Waals surface area contributed by atoms with Crippen LogP contribution in [0.25, 0.3) is 0 Å². The second-order valence-electron chi connectivity index (χ2n) is 21.1. The molecular formula is C61H113NO10. The smallest absolute Gasteiger partial charge is 0.306 e. The molecule has 6 N–H and O–H groups in total. The van der Waals surface area contributed by atoms with Gasteiger partial charge in [0.2, 0.25) is 5.91 Å². The van der Waals surface area contributed by atoms with Gasteiger partial charge in [-0.2, -0.15) is 0 Å². The molecule has 8 atom stereocenters. The van der Waals surface area contributed by atoms with Crippen molar-refractivity contribution in [1.29, 1.82) is 0 Å². The van der Waals surface area contributed by atoms with Gasteiger partial charge in [0, 0.05) is 6.42 Å². The minimum Gasteiger partial charge on any atom is -0.454 e. The Labute approximate surface area is 441 Å². The SMILES string of the molecule is CCCCCCCC/C=C\C/C=C/CCC(=O)OC1C(OCC(NC(=O)C(O)CCCCCCCCCCCCCCCCCCCC)C(O)/C=C/CCCCCCCCCCCC)OC(CO)C(O)C1O. The summed E-state index contributed by atoms with van der Waals surface area (Å²) in [5.41, 5.74) is 0. The summed E-state index contributed by atoms with van der Waals surface area (Å²) in [6, 6.07) is -1.03. The van der Waals surface area contributed by atoms with Crippen LogP contribution in [0.3, 0.4) is 0 Å². The Bertz CT molecular complexity index is 1310. The molecule has 422 valence electrons. The summed E-state index contributed by atoms with van der Waals surface area (Å²) in [6.07, 6.45) is 47.8. The zero-order chi connectivity index (χ0) is 52.5. The summed E-state index contributed by atoms with van der Waals surface area (Å²) in [6.45, 7) is 5.76. The third-order valence-corrected chi connectivity index (χ3v) is 14.3. The number of esters is 1. The Balaban J connectivity index is 2.71. The van der Waals surface area contributed by atoms with Gasteiger partial charge in [-0.05, 0) is 44.9 Å². The summed E-state index contributed by atoms with van der Waals surface area (Å²) in [5.74, 6) is -1.26. The largest absolute Gasteiger partial charge is 0.454 e. The van der Waals surface area contributed by atoms with Crippen LogP contribution in [0.1, 0.15) is 278 Å². The topological polar surface area (TPSA) is 175 Å². The molecule has 11 nitrogen and oxygen atoms in total. The lowest BCUT2D eigenvalue weighted by atomic mass is 9.99. The molecule has 1 aliphatic rings. The molecule has 1 amide bonds. The number of carbonyl (C=O) groups excluding carboxylic acids is 2. The maximum absolute atomic E-state index is 13.4. The first-order valence-corrected chi connectivity index (χ1v) is 30.3. The van der Waals surface area contributed by atoms with Crippen LogP contribution < -0.4 is 5.32 Å². The number of rotatable bonds is 51. The summed E-state index contributed by atoms with van der Waals surface area (Å²) in [7, 11) is 0. The predicted octanol–water partition coefficient (Wildman–Crippen LogP) is 13.9. The zero-order valence-corrected chi connectivity index (χ0v) is 46.6. The molecule has 0 bridgehead atoms. The number of aliphatic hydroxyl groups is 5. The van der Waals surface area contributed by atoms with Gasteiger partial charge in [0.05, 0.1) is 25.4 Å². The van der Waals surface area contributed by atoms with Crippen molar-refractivity contribution in [3.63, 3.8) is 0 Å². The molecule has 1 rings (SSSR count). The van der Waals surface area contributed by atoms with E-state index in [-0.39, 0.29) is 13.0 Å². The van der Waals surface area contributed by atoms with Crippen molar-refractivity contribution in [3.8, 4) is 0 Å². The molecule has 0 radical (unpaired) electrons. The Kier molecular flexibility index (Phi) is 46.9. The number of ether oxygens (including phenoxy) is 3. The van der Waals surface area contributed by atoms with E-state index in [1.165, 1.54) is 180 Å². The molecule has 1 fully saturated rings. The maximum Gasteiger partial charge on any atom is 0.306 e. The highest BCUT2D eigenvalue weighted by atomic mass is 16.7. The number of aliphatic hydroxyl groups excluding tert-OH is 5. The molecule has 1 saturated heterocycles. The van der Waals surface area contributed by atoms with E-state index in [4.69, 9.17) is 14.2 Å². The Morgan fingerprint density at radius 1 is 0.542 bits per heavy atom. The molecule has 0 aliphatic carbocycles. The van der Waals surface area contributed by atoms with Gasteiger partial charge in [-0.3, -0.25) is 9.59 Å². The van der Waals surface area contributed by atoms with Gasteiger partial charge in [0.1, 0.15) is 24.4 Å². The average Bonchev–Trinajstić information content (AvgIpc) is 3.38. The second kappa shape index (κ2) is 49.7. The van der Waals surface area contributed by atoms with Crippen molar-refractivity contribution in [2.45, 2.75) is 327 Å². The molecule has 72 heavy (non-hydrogen) atoms. The van der Waals surface area contributed by atoms with Crippen LogP contribution in [0, 0.1) is 0 Å². The van der Waals surface area contributed by atoms with E-state index in [2.05, 4.69) is 38.2 Å². The van der Waals surface area contributed by atoms with E-state index >= 15 is 0 Å².